The molecule has 2 heterocycles. The summed E-state index contributed by atoms with van der Waals surface area (Å²) in [4.78, 5) is 41.4. The van der Waals surface area contributed by atoms with Crippen LogP contribution in [0.3, 0.4) is 0 Å². The van der Waals surface area contributed by atoms with Gasteiger partial charge < -0.3 is 15.2 Å². The molecule has 0 amide bonds. The molecule has 0 saturated carbocycles. The number of ether oxygens (including phenoxy) is 2. The van der Waals surface area contributed by atoms with Crippen LogP contribution >= 0.6 is 0 Å². The van der Waals surface area contributed by atoms with Gasteiger partial charge in [0, 0.05) is 29.6 Å². The minimum Gasteiger partial charge on any atom is -0.465 e. The fraction of sp³-hybridized carbons (Fsp3) is 0.273. The molecule has 0 bridgehead atoms. The summed E-state index contributed by atoms with van der Waals surface area (Å²) in [5, 5.41) is 0. The predicted molar refractivity (Wildman–Crippen MR) is 113 cm³/mol. The molecule has 0 aliphatic heterocycles. The summed E-state index contributed by atoms with van der Waals surface area (Å²) in [5.41, 5.74) is 9.44. The summed E-state index contributed by atoms with van der Waals surface area (Å²) in [7, 11) is 0. The number of esters is 2. The lowest BCUT2D eigenvalue weighted by Crippen LogP contribution is -2.30. The summed E-state index contributed by atoms with van der Waals surface area (Å²) in [5.74, 6) is -2.07. The van der Waals surface area contributed by atoms with Crippen LogP contribution in [-0.2, 0) is 25.5 Å². The monoisotopic (exact) mass is 421 g/mol. The minimum absolute atomic E-state index is 0.0679. The maximum absolute atomic E-state index is 12.5. The Morgan fingerprint density at radius 3 is 2.23 bits per heavy atom. The van der Waals surface area contributed by atoms with Crippen molar-refractivity contribution in [3.63, 3.8) is 0 Å². The van der Waals surface area contributed by atoms with E-state index in [9.17, 15) is 9.59 Å². The van der Waals surface area contributed by atoms with Gasteiger partial charge in [-0.05, 0) is 31.4 Å². The van der Waals surface area contributed by atoms with Crippen molar-refractivity contribution >= 4 is 17.8 Å². The highest BCUT2D eigenvalue weighted by molar-refractivity contribution is 5.95. The van der Waals surface area contributed by atoms with Gasteiger partial charge in [0.25, 0.3) is 0 Å². The molecule has 3 aromatic rings. The molecule has 2 N–H and O–H groups in total. The smallest absolute Gasteiger partial charge is 0.320 e. The Bertz CT molecular complexity index is 1040. The van der Waals surface area contributed by atoms with E-state index in [1.807, 2.05) is 18.2 Å². The topological polar surface area (TPSA) is 130 Å². The van der Waals surface area contributed by atoms with Gasteiger partial charge in [0.05, 0.1) is 18.9 Å². The van der Waals surface area contributed by atoms with Crippen molar-refractivity contribution in [2.75, 3.05) is 18.9 Å². The molecule has 0 radical (unpaired) electrons. The number of hydrogen-bond donors (Lipinski definition) is 1. The number of nitrogen functional groups attached to an aromatic ring is 1. The van der Waals surface area contributed by atoms with Crippen LogP contribution in [0, 0.1) is 5.92 Å². The summed E-state index contributed by atoms with van der Waals surface area (Å²) in [6.07, 6.45) is 6.24. The third-order valence-corrected chi connectivity index (χ3v) is 4.53. The molecule has 0 aliphatic rings. The van der Waals surface area contributed by atoms with Crippen LogP contribution in [0.4, 0.5) is 5.82 Å². The van der Waals surface area contributed by atoms with Crippen molar-refractivity contribution in [3.8, 4) is 22.4 Å². The molecule has 0 aliphatic carbocycles. The Morgan fingerprint density at radius 1 is 0.935 bits per heavy atom. The van der Waals surface area contributed by atoms with Crippen LogP contribution < -0.4 is 5.73 Å². The third kappa shape index (κ3) is 5.39. The normalized spacial score (nSPS) is 10.7. The Balaban J connectivity index is 2.09. The van der Waals surface area contributed by atoms with Crippen LogP contribution in [0.2, 0.25) is 0 Å². The summed E-state index contributed by atoms with van der Waals surface area (Å²) >= 11 is 0. The van der Waals surface area contributed by atoms with E-state index in [1.54, 1.807) is 32.3 Å². The van der Waals surface area contributed by atoms with E-state index in [2.05, 4.69) is 19.9 Å². The van der Waals surface area contributed by atoms with Crippen LogP contribution in [0.15, 0.2) is 49.3 Å². The maximum atomic E-state index is 12.5. The molecular formula is C22H23N5O4. The maximum Gasteiger partial charge on any atom is 0.320 e. The van der Waals surface area contributed by atoms with Gasteiger partial charge in [0.2, 0.25) is 0 Å². The molecule has 0 fully saturated rings. The standard InChI is InChI=1S/C22H23N5O4/c1-3-30-21(28)18(22(29)31-4-2)8-15-7-14(16-10-24-12-25-11-16)5-6-17(15)19-9-20(23)27-13-26-19/h5-7,9-13,18H,3-4,8H2,1-2H3,(H2,23,26,27). The second-order valence-corrected chi connectivity index (χ2v) is 6.59. The molecule has 0 saturated heterocycles. The molecule has 0 spiro atoms. The first-order valence-electron chi connectivity index (χ1n) is 9.83. The van der Waals surface area contributed by atoms with Gasteiger partial charge >= 0.3 is 11.9 Å². The van der Waals surface area contributed by atoms with Crippen molar-refractivity contribution in [1.82, 2.24) is 19.9 Å². The first-order chi connectivity index (χ1) is 15.0. The summed E-state index contributed by atoms with van der Waals surface area (Å²) < 4.78 is 10.2. The highest BCUT2D eigenvalue weighted by atomic mass is 16.6. The predicted octanol–water partition coefficient (Wildman–Crippen LogP) is 2.47. The van der Waals surface area contributed by atoms with Gasteiger partial charge in [-0.25, -0.2) is 19.9 Å². The Hall–Kier alpha value is -3.88. The number of carbonyl (C=O) groups is 2. The van der Waals surface area contributed by atoms with E-state index in [0.717, 1.165) is 11.1 Å². The molecule has 0 atom stereocenters. The Labute approximate surface area is 179 Å². The zero-order valence-electron chi connectivity index (χ0n) is 17.3. The van der Waals surface area contributed by atoms with Gasteiger partial charge in [0.1, 0.15) is 18.5 Å². The fourth-order valence-corrected chi connectivity index (χ4v) is 3.13. The van der Waals surface area contributed by atoms with Crippen molar-refractivity contribution in [2.24, 2.45) is 5.92 Å². The SMILES string of the molecule is CCOC(=O)C(Cc1cc(-c2cncnc2)ccc1-c1cc(N)ncn1)C(=O)OCC. The van der Waals surface area contributed by atoms with Gasteiger partial charge in [-0.2, -0.15) is 0 Å². The summed E-state index contributed by atoms with van der Waals surface area (Å²) in [6, 6.07) is 7.25. The number of anilines is 1. The van der Waals surface area contributed by atoms with Gasteiger partial charge in [-0.3, -0.25) is 9.59 Å². The highest BCUT2D eigenvalue weighted by Crippen LogP contribution is 2.30. The van der Waals surface area contributed by atoms with E-state index >= 15 is 0 Å². The van der Waals surface area contributed by atoms with Gasteiger partial charge in [-0.15, -0.1) is 0 Å². The van der Waals surface area contributed by atoms with E-state index in [4.69, 9.17) is 15.2 Å². The molecule has 160 valence electrons. The average molecular weight is 421 g/mol. The van der Waals surface area contributed by atoms with E-state index in [1.165, 1.54) is 12.7 Å². The number of benzene rings is 1. The van der Waals surface area contributed by atoms with Gasteiger partial charge in [-0.1, -0.05) is 18.2 Å². The number of rotatable bonds is 8. The van der Waals surface area contributed by atoms with Gasteiger partial charge in [0.15, 0.2) is 5.92 Å². The molecular weight excluding hydrogens is 398 g/mol. The molecule has 2 aromatic heterocycles. The van der Waals surface area contributed by atoms with Crippen LogP contribution in [-0.4, -0.2) is 45.1 Å². The largest absolute Gasteiger partial charge is 0.465 e. The van der Waals surface area contributed by atoms with Crippen molar-refractivity contribution in [1.29, 1.82) is 0 Å². The number of aromatic nitrogens is 4. The molecule has 1 aromatic carbocycles. The Kier molecular flexibility index (Phi) is 7.21. The first-order valence-corrected chi connectivity index (χ1v) is 9.83. The molecule has 9 nitrogen and oxygen atoms in total. The average Bonchev–Trinajstić information content (AvgIpc) is 2.78. The van der Waals surface area contributed by atoms with Crippen molar-refractivity contribution in [3.05, 3.63) is 54.9 Å². The second kappa shape index (κ2) is 10.2. The highest BCUT2D eigenvalue weighted by Gasteiger charge is 2.31. The lowest BCUT2D eigenvalue weighted by Gasteiger charge is -2.17. The van der Waals surface area contributed by atoms with Crippen LogP contribution in [0.1, 0.15) is 19.4 Å². The second-order valence-electron chi connectivity index (χ2n) is 6.59. The fourth-order valence-electron chi connectivity index (χ4n) is 3.13. The number of nitrogens with two attached hydrogens (primary N) is 1. The summed E-state index contributed by atoms with van der Waals surface area (Å²) in [6.45, 7) is 3.69. The van der Waals surface area contributed by atoms with Crippen molar-refractivity contribution < 1.29 is 19.1 Å². The Morgan fingerprint density at radius 2 is 1.61 bits per heavy atom. The zero-order chi connectivity index (χ0) is 22.2. The number of carbonyl (C=O) groups excluding carboxylic acids is 2. The molecule has 9 heteroatoms. The van der Waals surface area contributed by atoms with Crippen LogP contribution in [0.25, 0.3) is 22.4 Å². The van der Waals surface area contributed by atoms with Crippen molar-refractivity contribution in [2.45, 2.75) is 20.3 Å². The molecule has 0 unspecified atom stereocenters. The number of nitrogens with zero attached hydrogens (tertiary/aromatic N) is 4. The van der Waals surface area contributed by atoms with E-state index in [0.29, 0.717) is 22.6 Å². The minimum atomic E-state index is -1.11. The lowest BCUT2D eigenvalue weighted by molar-refractivity contribution is -0.161. The van der Waals surface area contributed by atoms with E-state index < -0.39 is 17.9 Å². The quantitative estimate of drug-likeness (QED) is 0.430. The lowest BCUT2D eigenvalue weighted by atomic mass is 9.91. The van der Waals surface area contributed by atoms with E-state index in [-0.39, 0.29) is 19.6 Å². The number of hydrogen-bond acceptors (Lipinski definition) is 9. The molecule has 3 rings (SSSR count). The molecule has 31 heavy (non-hydrogen) atoms. The third-order valence-electron chi connectivity index (χ3n) is 4.53. The first kappa shape index (κ1) is 21.8. The zero-order valence-corrected chi connectivity index (χ0v) is 17.3. The van der Waals surface area contributed by atoms with Crippen LogP contribution in [0.5, 0.6) is 0 Å².